The minimum Gasteiger partial charge on any atom is -0.612 e. The lowest BCUT2D eigenvalue weighted by atomic mass is 9.86. The van der Waals surface area contributed by atoms with E-state index in [0.29, 0.717) is 22.6 Å². The van der Waals surface area contributed by atoms with Gasteiger partial charge in [0.25, 0.3) is 0 Å². The van der Waals surface area contributed by atoms with Gasteiger partial charge in [0, 0.05) is 6.08 Å². The molecule has 1 heterocycles. The molecule has 1 aliphatic heterocycles. The molecule has 1 spiro atoms. The van der Waals surface area contributed by atoms with Crippen LogP contribution >= 0.6 is 0 Å². The molecule has 4 rings (SSSR count). The maximum atomic E-state index is 11.8. The van der Waals surface area contributed by atoms with Crippen molar-refractivity contribution < 1.29 is 19.1 Å². The zero-order valence-electron chi connectivity index (χ0n) is 13.7. The molecular formula is C18H13N3O5. The first-order valence-corrected chi connectivity index (χ1v) is 7.80. The third kappa shape index (κ3) is 1.95. The van der Waals surface area contributed by atoms with Gasteiger partial charge in [0.2, 0.25) is 11.4 Å². The Balaban J connectivity index is 2.09. The summed E-state index contributed by atoms with van der Waals surface area (Å²) in [5, 5.41) is 34.8. The number of hydrogen-bond donors (Lipinski definition) is 0. The van der Waals surface area contributed by atoms with Gasteiger partial charge >= 0.3 is 11.4 Å². The van der Waals surface area contributed by atoms with Crippen LogP contribution in [0.3, 0.4) is 0 Å². The molecule has 0 amide bonds. The number of rotatable bonds is 1. The monoisotopic (exact) mass is 351 g/mol. The van der Waals surface area contributed by atoms with Gasteiger partial charge < -0.3 is 15.2 Å². The van der Waals surface area contributed by atoms with Crippen molar-refractivity contribution in [3.05, 3.63) is 104 Å². The molecule has 0 fully saturated rings. The highest BCUT2D eigenvalue weighted by molar-refractivity contribution is 6.09. The van der Waals surface area contributed by atoms with Crippen molar-refractivity contribution in [1.82, 2.24) is 0 Å². The second-order valence-corrected chi connectivity index (χ2v) is 5.94. The molecule has 0 radical (unpaired) electrons. The van der Waals surface area contributed by atoms with Gasteiger partial charge in [0.15, 0.2) is 5.76 Å². The summed E-state index contributed by atoms with van der Waals surface area (Å²) in [7, 11) is 1.68. The number of benzene rings is 1. The number of fused-ring (bicyclic) bond motifs is 3. The van der Waals surface area contributed by atoms with E-state index < -0.39 is 21.2 Å². The van der Waals surface area contributed by atoms with Gasteiger partial charge in [-0.1, -0.05) is 30.4 Å². The van der Waals surface area contributed by atoms with Gasteiger partial charge in [-0.05, 0) is 18.2 Å². The number of allylic oxidation sites excluding steroid dienone is 6. The van der Waals surface area contributed by atoms with Crippen LogP contribution in [-0.4, -0.2) is 32.9 Å². The maximum Gasteiger partial charge on any atom is 0.428 e. The second kappa shape index (κ2) is 5.41. The minimum absolute atomic E-state index is 0.298. The second-order valence-electron chi connectivity index (χ2n) is 5.94. The Hall–Kier alpha value is -3.68. The molecule has 8 heteroatoms. The summed E-state index contributed by atoms with van der Waals surface area (Å²) in [6, 6.07) is 6.53. The van der Waals surface area contributed by atoms with E-state index in [1.54, 1.807) is 60.2 Å². The van der Waals surface area contributed by atoms with Crippen molar-refractivity contribution >= 4 is 11.4 Å². The number of ether oxygens (including phenoxy) is 1. The zero-order valence-corrected chi connectivity index (χ0v) is 13.7. The molecule has 0 aromatic heterocycles. The molecule has 0 saturated carbocycles. The zero-order chi connectivity index (χ0) is 18.5. The quantitative estimate of drug-likeness (QED) is 0.333. The van der Waals surface area contributed by atoms with E-state index in [1.807, 2.05) is 6.08 Å². The molecule has 0 unspecified atom stereocenters. The van der Waals surface area contributed by atoms with E-state index in [-0.39, 0.29) is 5.71 Å². The summed E-state index contributed by atoms with van der Waals surface area (Å²) in [6.45, 7) is 0. The predicted octanol–water partition coefficient (Wildman–Crippen LogP) is 1.93. The fraction of sp³-hybridized carbons (Fsp3) is 0.111. The van der Waals surface area contributed by atoms with E-state index in [2.05, 4.69) is 0 Å². The molecule has 2 aliphatic carbocycles. The van der Waals surface area contributed by atoms with Crippen LogP contribution in [0.25, 0.3) is 0 Å². The fourth-order valence-electron chi connectivity index (χ4n) is 3.51. The highest BCUT2D eigenvalue weighted by Crippen LogP contribution is 2.45. The molecule has 0 saturated heterocycles. The van der Waals surface area contributed by atoms with Crippen LogP contribution in [0.2, 0.25) is 0 Å². The molecule has 3 aliphatic rings. The van der Waals surface area contributed by atoms with Crippen LogP contribution in [0.4, 0.5) is 0 Å². The molecule has 0 N–H and O–H groups in total. The molecular weight excluding hydrogens is 338 g/mol. The Bertz CT molecular complexity index is 1030. The average molecular weight is 351 g/mol. The largest absolute Gasteiger partial charge is 0.612 e. The Morgan fingerprint density at radius 2 is 1.88 bits per heavy atom. The van der Waals surface area contributed by atoms with Gasteiger partial charge in [-0.3, -0.25) is 10.1 Å². The molecule has 1 aromatic rings. The van der Waals surface area contributed by atoms with Crippen molar-refractivity contribution in [1.29, 1.82) is 0 Å². The Kier molecular flexibility index (Phi) is 3.30. The Morgan fingerprint density at radius 3 is 2.62 bits per heavy atom. The summed E-state index contributed by atoms with van der Waals surface area (Å²) in [5.41, 5.74) is -0.979. The van der Waals surface area contributed by atoms with E-state index in [9.17, 15) is 20.5 Å². The Morgan fingerprint density at radius 1 is 1.12 bits per heavy atom. The van der Waals surface area contributed by atoms with Crippen molar-refractivity contribution in [2.45, 2.75) is 5.72 Å². The minimum atomic E-state index is -1.57. The summed E-state index contributed by atoms with van der Waals surface area (Å²) < 4.78 is 7.76. The number of likely N-dealkylation sites (N-methyl/N-ethyl adjacent to an activating group) is 1. The SMILES string of the molecule is C[N+]1=C2C=CC=CC=C2O[C@]12C([N+](=O)[O-])=CC(=[N+]([O-])[O-])c1ccccc12. The third-order valence-electron chi connectivity index (χ3n) is 4.65. The average Bonchev–Trinajstić information content (AvgIpc) is 2.77. The lowest BCUT2D eigenvalue weighted by molar-refractivity contribution is -0.652. The van der Waals surface area contributed by atoms with E-state index in [1.165, 1.54) is 0 Å². The summed E-state index contributed by atoms with van der Waals surface area (Å²) in [6.07, 6.45) is 9.89. The fourth-order valence-corrected chi connectivity index (χ4v) is 3.51. The molecule has 1 aromatic carbocycles. The highest BCUT2D eigenvalue weighted by Gasteiger charge is 2.65. The van der Waals surface area contributed by atoms with Crippen molar-refractivity contribution in [2.24, 2.45) is 0 Å². The van der Waals surface area contributed by atoms with E-state index in [0.717, 1.165) is 6.08 Å². The van der Waals surface area contributed by atoms with Gasteiger partial charge in [0.05, 0.1) is 22.1 Å². The first-order chi connectivity index (χ1) is 12.5. The van der Waals surface area contributed by atoms with Crippen LogP contribution in [0.1, 0.15) is 11.1 Å². The molecule has 1 atom stereocenters. The number of nitrogens with zero attached hydrogens (tertiary/aromatic N) is 3. The Labute approximate surface area is 148 Å². The normalized spacial score (nSPS) is 23.0. The lowest BCUT2D eigenvalue weighted by Gasteiger charge is -2.27. The predicted molar refractivity (Wildman–Crippen MR) is 92.9 cm³/mol. The van der Waals surface area contributed by atoms with Crippen molar-refractivity contribution in [2.75, 3.05) is 7.05 Å². The molecule has 130 valence electrons. The van der Waals surface area contributed by atoms with E-state index in [4.69, 9.17) is 4.74 Å². The topological polar surface area (TPSA) is 105 Å². The number of hydrogen-bond acceptors (Lipinski definition) is 5. The van der Waals surface area contributed by atoms with Gasteiger partial charge in [-0.25, -0.2) is 0 Å². The van der Waals surface area contributed by atoms with Crippen LogP contribution in [0.5, 0.6) is 0 Å². The standard InChI is InChI=1S/C18H13N3O5/c1-19-14-9-3-2-4-10-16(14)26-18(19)13-8-6-5-7-12(13)15(20(22)23)11-17(18)21(24)25/h2-11H,1H3/t18-/m1/s1. The van der Waals surface area contributed by atoms with Crippen LogP contribution in [-0.2, 0) is 10.5 Å². The molecule has 26 heavy (non-hydrogen) atoms. The molecule has 8 nitrogen and oxygen atoms in total. The highest BCUT2D eigenvalue weighted by atomic mass is 16.8. The van der Waals surface area contributed by atoms with Crippen molar-refractivity contribution in [3.63, 3.8) is 0 Å². The summed E-state index contributed by atoms with van der Waals surface area (Å²) in [4.78, 5) is 10.6. The van der Waals surface area contributed by atoms with Crippen molar-refractivity contribution in [3.8, 4) is 0 Å². The van der Waals surface area contributed by atoms with Gasteiger partial charge in [-0.2, -0.15) is 9.48 Å². The smallest absolute Gasteiger partial charge is 0.428 e. The maximum absolute atomic E-state index is 11.8. The van der Waals surface area contributed by atoms with Gasteiger partial charge in [-0.15, -0.1) is 0 Å². The van der Waals surface area contributed by atoms with Crippen LogP contribution in [0, 0.1) is 20.5 Å². The molecule has 0 bridgehead atoms. The number of nitro groups is 1. The van der Waals surface area contributed by atoms with E-state index >= 15 is 0 Å². The first kappa shape index (κ1) is 15.8. The third-order valence-corrected chi connectivity index (χ3v) is 4.65. The summed E-state index contributed by atoms with van der Waals surface area (Å²) in [5.74, 6) is 0.463. The van der Waals surface area contributed by atoms with Gasteiger partial charge in [0.1, 0.15) is 7.05 Å². The van der Waals surface area contributed by atoms with Crippen LogP contribution in [0.15, 0.2) is 72.2 Å². The first-order valence-electron chi connectivity index (χ1n) is 7.80. The lowest BCUT2D eigenvalue weighted by Crippen LogP contribution is -2.45. The van der Waals surface area contributed by atoms with Crippen LogP contribution < -0.4 is 0 Å². The summed E-state index contributed by atoms with van der Waals surface area (Å²) >= 11 is 0.